The van der Waals surface area contributed by atoms with E-state index < -0.39 is 0 Å². The summed E-state index contributed by atoms with van der Waals surface area (Å²) in [5.41, 5.74) is 0. The van der Waals surface area contributed by atoms with Crippen molar-refractivity contribution in [2.45, 2.75) is 18.9 Å². The minimum atomic E-state index is -0.295. The van der Waals surface area contributed by atoms with Gasteiger partial charge in [0.25, 0.3) is 0 Å². The number of piperidine rings is 1. The van der Waals surface area contributed by atoms with E-state index in [9.17, 15) is 4.79 Å². The molecule has 0 saturated carbocycles. The number of likely N-dealkylation sites (N-methyl/N-ethyl adjacent to an activating group) is 1. The second-order valence-corrected chi connectivity index (χ2v) is 5.13. The van der Waals surface area contributed by atoms with Crippen LogP contribution in [0.3, 0.4) is 0 Å². The van der Waals surface area contributed by atoms with Gasteiger partial charge < -0.3 is 9.80 Å². The topological polar surface area (TPSA) is 26.8 Å². The number of nitrogens with zero attached hydrogens (tertiary/aromatic N) is 3. The zero-order valence-electron chi connectivity index (χ0n) is 10.3. The van der Waals surface area contributed by atoms with E-state index >= 15 is 0 Å². The highest BCUT2D eigenvalue weighted by Crippen LogP contribution is 2.18. The van der Waals surface area contributed by atoms with Crippen molar-refractivity contribution in [1.29, 1.82) is 0 Å². The van der Waals surface area contributed by atoms with E-state index in [4.69, 9.17) is 11.6 Å². The Kier molecular flexibility index (Phi) is 6.00. The number of hydrogen-bond acceptors (Lipinski definition) is 3. The fourth-order valence-electron chi connectivity index (χ4n) is 2.59. The third-order valence-corrected chi connectivity index (χ3v) is 4.01. The maximum absolute atomic E-state index is 11.0. The van der Waals surface area contributed by atoms with Crippen molar-refractivity contribution in [2.24, 2.45) is 0 Å². The largest absolute Gasteiger partial charge is 0.329 e. The van der Waals surface area contributed by atoms with E-state index in [0.717, 1.165) is 52.1 Å². The first-order chi connectivity index (χ1) is 7.66. The Balaban J connectivity index is 0.00000144. The first-order valence-corrected chi connectivity index (χ1v) is 6.41. The Morgan fingerprint density at radius 2 is 1.59 bits per heavy atom. The van der Waals surface area contributed by atoms with Gasteiger partial charge in [-0.1, -0.05) is 0 Å². The molecule has 4 nitrogen and oxygen atoms in total. The Morgan fingerprint density at radius 1 is 1.06 bits per heavy atom. The Labute approximate surface area is 114 Å². The molecule has 0 unspecified atom stereocenters. The SMILES string of the molecule is CN1CCN(C2CCN(C(=O)Cl)CC2)CC1.Cl. The van der Waals surface area contributed by atoms with Crippen LogP contribution in [0.5, 0.6) is 0 Å². The number of amides is 1. The van der Waals surface area contributed by atoms with Crippen LogP contribution in [-0.2, 0) is 0 Å². The molecule has 2 aliphatic heterocycles. The molecule has 1 amide bonds. The van der Waals surface area contributed by atoms with Crippen LogP contribution >= 0.6 is 24.0 Å². The molecule has 17 heavy (non-hydrogen) atoms. The smallest absolute Gasteiger partial charge is 0.316 e. The maximum Gasteiger partial charge on any atom is 0.316 e. The zero-order chi connectivity index (χ0) is 11.5. The van der Waals surface area contributed by atoms with Crippen molar-refractivity contribution in [3.8, 4) is 0 Å². The Morgan fingerprint density at radius 3 is 2.06 bits per heavy atom. The van der Waals surface area contributed by atoms with Gasteiger partial charge in [-0.15, -0.1) is 12.4 Å². The molecule has 0 aromatic heterocycles. The molecular weight excluding hydrogens is 261 g/mol. The second-order valence-electron chi connectivity index (χ2n) is 4.81. The van der Waals surface area contributed by atoms with Gasteiger partial charge >= 0.3 is 5.37 Å². The molecule has 0 aromatic carbocycles. The lowest BCUT2D eigenvalue weighted by atomic mass is 10.0. The van der Waals surface area contributed by atoms with Gasteiger partial charge in [0.2, 0.25) is 0 Å². The number of carbonyl (C=O) groups is 1. The van der Waals surface area contributed by atoms with Gasteiger partial charge in [-0.05, 0) is 31.5 Å². The predicted molar refractivity (Wildman–Crippen MR) is 72.2 cm³/mol. The van der Waals surface area contributed by atoms with Crippen molar-refractivity contribution in [1.82, 2.24) is 14.7 Å². The highest BCUT2D eigenvalue weighted by atomic mass is 35.5. The van der Waals surface area contributed by atoms with Gasteiger partial charge in [0.05, 0.1) is 0 Å². The van der Waals surface area contributed by atoms with Crippen LogP contribution in [-0.4, -0.2) is 72.4 Å². The van der Waals surface area contributed by atoms with Crippen LogP contribution in [0.2, 0.25) is 0 Å². The van der Waals surface area contributed by atoms with Gasteiger partial charge in [0.15, 0.2) is 0 Å². The summed E-state index contributed by atoms with van der Waals surface area (Å²) in [7, 11) is 2.17. The monoisotopic (exact) mass is 281 g/mol. The zero-order valence-corrected chi connectivity index (χ0v) is 11.8. The van der Waals surface area contributed by atoms with E-state index in [-0.39, 0.29) is 17.8 Å². The van der Waals surface area contributed by atoms with Crippen molar-refractivity contribution in [3.05, 3.63) is 0 Å². The Hall–Kier alpha value is -0.0300. The predicted octanol–water partition coefficient (Wildman–Crippen LogP) is 1.48. The number of halogens is 2. The van der Waals surface area contributed by atoms with Crippen LogP contribution in [0.4, 0.5) is 4.79 Å². The summed E-state index contributed by atoms with van der Waals surface area (Å²) in [6.45, 7) is 6.29. The van der Waals surface area contributed by atoms with Crippen LogP contribution in [0.15, 0.2) is 0 Å². The lowest BCUT2D eigenvalue weighted by Gasteiger charge is -2.41. The van der Waals surface area contributed by atoms with Crippen molar-refractivity contribution in [2.75, 3.05) is 46.3 Å². The molecule has 0 spiro atoms. The number of carbonyl (C=O) groups excluding carboxylic acids is 1. The third kappa shape index (κ3) is 3.98. The standard InChI is InChI=1S/C11H20ClN3O.ClH/c1-13-6-8-14(9-7-13)10-2-4-15(5-3-10)11(12)16;/h10H,2-9H2,1H3;1H. The normalized spacial score (nSPS) is 24.5. The van der Waals surface area contributed by atoms with Gasteiger partial charge in [-0.3, -0.25) is 9.69 Å². The molecule has 2 rings (SSSR count). The van der Waals surface area contributed by atoms with E-state index in [0.29, 0.717) is 6.04 Å². The molecule has 0 atom stereocenters. The molecular formula is C11H21Cl2N3O. The van der Waals surface area contributed by atoms with Crippen molar-refractivity contribution >= 4 is 29.4 Å². The average Bonchev–Trinajstić information content (AvgIpc) is 2.30. The van der Waals surface area contributed by atoms with Gasteiger partial charge in [-0.25, -0.2) is 0 Å². The molecule has 0 radical (unpaired) electrons. The van der Waals surface area contributed by atoms with Crippen LogP contribution in [0, 0.1) is 0 Å². The second kappa shape index (κ2) is 6.78. The van der Waals surface area contributed by atoms with Crippen molar-refractivity contribution in [3.63, 3.8) is 0 Å². The van der Waals surface area contributed by atoms with Crippen LogP contribution in [0.25, 0.3) is 0 Å². The number of rotatable bonds is 1. The summed E-state index contributed by atoms with van der Waals surface area (Å²) in [6, 6.07) is 0.654. The third-order valence-electron chi connectivity index (χ3n) is 3.77. The van der Waals surface area contributed by atoms with E-state index in [1.165, 1.54) is 0 Å². The Bertz CT molecular complexity index is 249. The van der Waals surface area contributed by atoms with Crippen LogP contribution < -0.4 is 0 Å². The summed E-state index contributed by atoms with van der Waals surface area (Å²) in [5, 5.41) is -0.295. The van der Waals surface area contributed by atoms with Gasteiger partial charge in [0, 0.05) is 45.3 Å². The first kappa shape index (κ1) is 15.0. The minimum Gasteiger partial charge on any atom is -0.329 e. The molecule has 0 aromatic rings. The summed E-state index contributed by atoms with van der Waals surface area (Å²) >= 11 is 5.48. The van der Waals surface area contributed by atoms with Gasteiger partial charge in [-0.2, -0.15) is 0 Å². The molecule has 100 valence electrons. The average molecular weight is 282 g/mol. The number of piperazine rings is 1. The molecule has 0 bridgehead atoms. The first-order valence-electron chi connectivity index (χ1n) is 6.04. The lowest BCUT2D eigenvalue weighted by molar-refractivity contribution is 0.0777. The number of likely N-dealkylation sites (tertiary alicyclic amines) is 1. The summed E-state index contributed by atoms with van der Waals surface area (Å²) in [5.74, 6) is 0. The molecule has 0 N–H and O–H groups in total. The van der Waals surface area contributed by atoms with E-state index in [1.807, 2.05) is 0 Å². The summed E-state index contributed by atoms with van der Waals surface area (Å²) < 4.78 is 0. The maximum atomic E-state index is 11.0. The highest BCUT2D eigenvalue weighted by Gasteiger charge is 2.27. The van der Waals surface area contributed by atoms with E-state index in [1.54, 1.807) is 4.90 Å². The lowest BCUT2D eigenvalue weighted by Crippen LogP contribution is -2.52. The molecule has 2 aliphatic rings. The summed E-state index contributed by atoms with van der Waals surface area (Å²) in [6.07, 6.45) is 2.14. The van der Waals surface area contributed by atoms with Gasteiger partial charge in [0.1, 0.15) is 0 Å². The van der Waals surface area contributed by atoms with E-state index in [2.05, 4.69) is 16.8 Å². The molecule has 2 fully saturated rings. The fourth-order valence-corrected chi connectivity index (χ4v) is 2.76. The summed E-state index contributed by atoms with van der Waals surface area (Å²) in [4.78, 5) is 17.7. The molecule has 6 heteroatoms. The van der Waals surface area contributed by atoms with Crippen molar-refractivity contribution < 1.29 is 4.79 Å². The number of hydrogen-bond donors (Lipinski definition) is 0. The quantitative estimate of drug-likeness (QED) is 0.538. The minimum absolute atomic E-state index is 0. The fraction of sp³-hybridized carbons (Fsp3) is 0.909. The molecule has 2 heterocycles. The highest BCUT2D eigenvalue weighted by molar-refractivity contribution is 6.62. The molecule has 0 aliphatic carbocycles. The van der Waals surface area contributed by atoms with Crippen LogP contribution in [0.1, 0.15) is 12.8 Å². The molecule has 2 saturated heterocycles.